The molecule has 0 radical (unpaired) electrons. The van der Waals surface area contributed by atoms with Crippen molar-refractivity contribution in [1.29, 1.82) is 0 Å². The number of hydrogen-bond acceptors (Lipinski definition) is 6. The molecule has 0 bridgehead atoms. The highest BCUT2D eigenvalue weighted by molar-refractivity contribution is 5.82. The van der Waals surface area contributed by atoms with Crippen LogP contribution in [0.1, 0.15) is 35.6 Å². The zero-order chi connectivity index (χ0) is 20.7. The summed E-state index contributed by atoms with van der Waals surface area (Å²) in [7, 11) is 0. The molecule has 4 aromatic rings. The van der Waals surface area contributed by atoms with E-state index in [9.17, 15) is 13.2 Å². The van der Waals surface area contributed by atoms with Crippen molar-refractivity contribution >= 4 is 28.5 Å². The summed E-state index contributed by atoms with van der Waals surface area (Å²) in [6, 6.07) is 5.79. The first kappa shape index (κ1) is 18.4. The van der Waals surface area contributed by atoms with Gasteiger partial charge in [-0.25, -0.2) is 4.98 Å². The molecule has 1 aromatic carbocycles. The minimum Gasteiger partial charge on any atom is -0.350 e. The smallest absolute Gasteiger partial charge is 0.350 e. The van der Waals surface area contributed by atoms with Crippen LogP contribution in [0.25, 0.3) is 10.9 Å². The van der Waals surface area contributed by atoms with Crippen LogP contribution in [0.2, 0.25) is 0 Å². The Morgan fingerprint density at radius 3 is 2.77 bits per heavy atom. The molecule has 8 nitrogen and oxygen atoms in total. The molecule has 0 unspecified atom stereocenters. The fraction of sp³-hybridized carbons (Fsp3) is 0.263. The Kier molecular flexibility index (Phi) is 4.30. The average molecular weight is 414 g/mol. The Labute approximate surface area is 168 Å². The van der Waals surface area contributed by atoms with Gasteiger partial charge < -0.3 is 10.6 Å². The number of rotatable bonds is 6. The van der Waals surface area contributed by atoms with Gasteiger partial charge in [-0.3, -0.25) is 10.2 Å². The molecule has 3 aromatic heterocycles. The number of aromatic nitrogens is 6. The summed E-state index contributed by atoms with van der Waals surface area (Å²) in [6.45, 7) is 0.109. The lowest BCUT2D eigenvalue weighted by molar-refractivity contribution is -0.137. The van der Waals surface area contributed by atoms with E-state index < -0.39 is 11.7 Å². The second kappa shape index (κ2) is 7.01. The lowest BCUT2D eigenvalue weighted by Crippen LogP contribution is -2.09. The maximum absolute atomic E-state index is 13.2. The monoisotopic (exact) mass is 414 g/mol. The number of fused-ring (bicyclic) bond motifs is 1. The SMILES string of the molecule is FC(F)(F)c1cc(CNc2nccc(Nc3cc(C4CC4)[nH]n3)n2)c2cn[nH]c2c1. The number of nitrogens with zero attached hydrogens (tertiary/aromatic N) is 4. The Hall–Kier alpha value is -3.63. The largest absolute Gasteiger partial charge is 0.416 e. The average Bonchev–Trinajstić information content (AvgIpc) is 3.26. The van der Waals surface area contributed by atoms with E-state index in [0.29, 0.717) is 34.0 Å². The van der Waals surface area contributed by atoms with Gasteiger partial charge in [-0.1, -0.05) is 0 Å². The lowest BCUT2D eigenvalue weighted by atomic mass is 10.1. The van der Waals surface area contributed by atoms with Crippen LogP contribution in [-0.2, 0) is 12.7 Å². The van der Waals surface area contributed by atoms with Crippen molar-refractivity contribution in [2.45, 2.75) is 31.5 Å². The third-order valence-corrected chi connectivity index (χ3v) is 4.94. The molecule has 0 spiro atoms. The normalized spacial score (nSPS) is 14.2. The van der Waals surface area contributed by atoms with Gasteiger partial charge in [0.15, 0.2) is 5.82 Å². The van der Waals surface area contributed by atoms with Gasteiger partial charge in [-0.15, -0.1) is 0 Å². The summed E-state index contributed by atoms with van der Waals surface area (Å²) in [4.78, 5) is 8.50. The molecule has 30 heavy (non-hydrogen) atoms. The number of H-pyrrole nitrogens is 2. The molecule has 5 rings (SSSR count). The summed E-state index contributed by atoms with van der Waals surface area (Å²) in [5, 5.41) is 20.4. The number of halogens is 3. The van der Waals surface area contributed by atoms with Crippen molar-refractivity contribution in [3.63, 3.8) is 0 Å². The van der Waals surface area contributed by atoms with Crippen LogP contribution in [-0.4, -0.2) is 30.4 Å². The van der Waals surface area contributed by atoms with Crippen molar-refractivity contribution < 1.29 is 13.2 Å². The van der Waals surface area contributed by atoms with Crippen LogP contribution in [0.4, 0.5) is 30.8 Å². The summed E-state index contributed by atoms with van der Waals surface area (Å²) >= 11 is 0. The first-order chi connectivity index (χ1) is 14.5. The van der Waals surface area contributed by atoms with E-state index in [2.05, 4.69) is 41.0 Å². The summed E-state index contributed by atoms with van der Waals surface area (Å²) in [6.07, 6.45) is 0.953. The molecule has 1 aliphatic carbocycles. The van der Waals surface area contributed by atoms with Gasteiger partial charge in [0, 0.05) is 35.8 Å². The van der Waals surface area contributed by atoms with Gasteiger partial charge in [-0.2, -0.15) is 28.4 Å². The minimum atomic E-state index is -4.45. The van der Waals surface area contributed by atoms with Gasteiger partial charge in [0.2, 0.25) is 5.95 Å². The van der Waals surface area contributed by atoms with Crippen LogP contribution < -0.4 is 10.6 Å². The number of hydrogen-bond donors (Lipinski definition) is 4. The fourth-order valence-corrected chi connectivity index (χ4v) is 3.26. The van der Waals surface area contributed by atoms with E-state index in [1.807, 2.05) is 6.07 Å². The van der Waals surface area contributed by atoms with E-state index in [1.165, 1.54) is 19.0 Å². The molecule has 11 heteroatoms. The zero-order valence-electron chi connectivity index (χ0n) is 15.6. The van der Waals surface area contributed by atoms with Crippen molar-refractivity contribution in [2.75, 3.05) is 10.6 Å². The molecule has 1 fully saturated rings. The van der Waals surface area contributed by atoms with Crippen molar-refractivity contribution in [2.24, 2.45) is 0 Å². The summed E-state index contributed by atoms with van der Waals surface area (Å²) < 4.78 is 39.6. The van der Waals surface area contributed by atoms with Crippen LogP contribution in [0, 0.1) is 0 Å². The third-order valence-electron chi connectivity index (χ3n) is 4.94. The van der Waals surface area contributed by atoms with Gasteiger partial charge in [0.1, 0.15) is 5.82 Å². The Morgan fingerprint density at radius 1 is 1.10 bits per heavy atom. The number of anilines is 3. The molecule has 3 heterocycles. The van der Waals surface area contributed by atoms with Crippen LogP contribution in [0.5, 0.6) is 0 Å². The Morgan fingerprint density at radius 2 is 1.97 bits per heavy atom. The topological polar surface area (TPSA) is 107 Å². The number of benzene rings is 1. The molecule has 1 saturated carbocycles. The van der Waals surface area contributed by atoms with Gasteiger partial charge >= 0.3 is 6.18 Å². The van der Waals surface area contributed by atoms with Crippen molar-refractivity contribution in [3.05, 3.63) is 53.5 Å². The van der Waals surface area contributed by atoms with E-state index in [1.54, 1.807) is 12.3 Å². The standard InChI is InChI=1S/C19H17F3N8/c20-19(21,22)12-5-11(13-9-25-28-15(13)6-12)8-24-18-23-4-3-16(27-18)26-17-7-14(29-30-17)10-1-2-10/h3-7,9-10H,1-2,8H2,(H,25,28)(H3,23,24,26,27,29,30). The highest BCUT2D eigenvalue weighted by Gasteiger charge is 2.31. The fourth-order valence-electron chi connectivity index (χ4n) is 3.26. The van der Waals surface area contributed by atoms with Gasteiger partial charge in [0.25, 0.3) is 0 Å². The molecular weight excluding hydrogens is 397 g/mol. The molecule has 1 aliphatic rings. The minimum absolute atomic E-state index is 0.109. The highest BCUT2D eigenvalue weighted by atomic mass is 19.4. The summed E-state index contributed by atoms with van der Waals surface area (Å²) in [5.74, 6) is 2.02. The molecule has 0 atom stereocenters. The van der Waals surface area contributed by atoms with Gasteiger partial charge in [0.05, 0.1) is 17.3 Å². The van der Waals surface area contributed by atoms with Crippen LogP contribution in [0.3, 0.4) is 0 Å². The maximum Gasteiger partial charge on any atom is 0.416 e. The molecule has 0 amide bonds. The highest BCUT2D eigenvalue weighted by Crippen LogP contribution is 2.39. The second-order valence-electron chi connectivity index (χ2n) is 7.19. The predicted molar refractivity (Wildman–Crippen MR) is 104 cm³/mol. The zero-order valence-corrected chi connectivity index (χ0v) is 15.6. The van der Waals surface area contributed by atoms with Crippen LogP contribution >= 0.6 is 0 Å². The molecule has 154 valence electrons. The van der Waals surface area contributed by atoms with Crippen molar-refractivity contribution in [3.8, 4) is 0 Å². The summed E-state index contributed by atoms with van der Waals surface area (Å²) in [5.41, 5.74) is 1.12. The van der Waals surface area contributed by atoms with E-state index >= 15 is 0 Å². The third kappa shape index (κ3) is 3.78. The van der Waals surface area contributed by atoms with Crippen molar-refractivity contribution in [1.82, 2.24) is 30.4 Å². The predicted octanol–water partition coefficient (Wildman–Crippen LogP) is 4.33. The second-order valence-corrected chi connectivity index (χ2v) is 7.19. The van der Waals surface area contributed by atoms with Gasteiger partial charge in [-0.05, 0) is 36.6 Å². The number of nitrogens with one attached hydrogen (secondary N) is 4. The molecular formula is C19H17F3N8. The Balaban J connectivity index is 1.33. The Bertz CT molecular complexity index is 1190. The first-order valence-corrected chi connectivity index (χ1v) is 9.38. The number of aromatic amines is 2. The van der Waals surface area contributed by atoms with E-state index in [4.69, 9.17) is 0 Å². The quantitative estimate of drug-likeness (QED) is 0.374. The maximum atomic E-state index is 13.2. The molecule has 0 saturated heterocycles. The van der Waals surface area contributed by atoms with E-state index in [0.717, 1.165) is 17.8 Å². The first-order valence-electron chi connectivity index (χ1n) is 9.38. The van der Waals surface area contributed by atoms with Crippen LogP contribution in [0.15, 0.2) is 36.7 Å². The molecule has 0 aliphatic heterocycles. The number of alkyl halides is 3. The molecule has 4 N–H and O–H groups in total. The lowest BCUT2D eigenvalue weighted by Gasteiger charge is -2.11. The van der Waals surface area contributed by atoms with E-state index in [-0.39, 0.29) is 12.5 Å².